The van der Waals surface area contributed by atoms with Gasteiger partial charge in [0.2, 0.25) is 5.91 Å². The van der Waals surface area contributed by atoms with Crippen LogP contribution >= 0.6 is 11.6 Å². The number of benzene rings is 1. The maximum absolute atomic E-state index is 13.0. The van der Waals surface area contributed by atoms with Gasteiger partial charge in [-0.1, -0.05) is 11.6 Å². The molecule has 0 radical (unpaired) electrons. The van der Waals surface area contributed by atoms with Gasteiger partial charge >= 0.3 is 0 Å². The first-order valence-corrected chi connectivity index (χ1v) is 6.60. The van der Waals surface area contributed by atoms with Crippen LogP contribution in [0.4, 0.5) is 10.1 Å². The highest BCUT2D eigenvalue weighted by Crippen LogP contribution is 2.19. The average Bonchev–Trinajstić information content (AvgIpc) is 2.71. The first kappa shape index (κ1) is 14.5. The zero-order chi connectivity index (χ0) is 14.7. The molecule has 0 fully saturated rings. The third kappa shape index (κ3) is 3.36. The topological polar surface area (TPSA) is 57.8 Å². The first-order valence-electron chi connectivity index (χ1n) is 6.22. The van der Waals surface area contributed by atoms with Gasteiger partial charge in [0.25, 0.3) is 0 Å². The Kier molecular flexibility index (Phi) is 4.39. The van der Waals surface area contributed by atoms with Crippen LogP contribution in [-0.4, -0.2) is 16.1 Å². The largest absolute Gasteiger partial charge is 0.326 e. The molecule has 2 N–H and O–H groups in total. The molecular weight excluding hydrogens is 281 g/mol. The average molecular weight is 296 g/mol. The number of H-pyrrole nitrogens is 1. The fourth-order valence-corrected chi connectivity index (χ4v) is 2.16. The summed E-state index contributed by atoms with van der Waals surface area (Å²) >= 11 is 5.66. The van der Waals surface area contributed by atoms with Crippen molar-refractivity contribution < 1.29 is 9.18 Å². The molecule has 0 aliphatic carbocycles. The maximum atomic E-state index is 13.0. The van der Waals surface area contributed by atoms with Crippen molar-refractivity contribution in [1.82, 2.24) is 10.2 Å². The number of aromatic nitrogens is 2. The van der Waals surface area contributed by atoms with E-state index < -0.39 is 5.82 Å². The predicted octanol–water partition coefficient (Wildman–Crippen LogP) is 3.39. The summed E-state index contributed by atoms with van der Waals surface area (Å²) in [4.78, 5) is 11.8. The van der Waals surface area contributed by atoms with Crippen molar-refractivity contribution in [3.05, 3.63) is 46.0 Å². The Hall–Kier alpha value is -1.88. The van der Waals surface area contributed by atoms with Crippen LogP contribution in [0.1, 0.15) is 23.4 Å². The third-order valence-electron chi connectivity index (χ3n) is 3.09. The third-order valence-corrected chi connectivity index (χ3v) is 3.38. The van der Waals surface area contributed by atoms with E-state index in [2.05, 4.69) is 15.5 Å². The number of hydrogen-bond acceptors (Lipinski definition) is 2. The van der Waals surface area contributed by atoms with Crippen molar-refractivity contribution in [2.24, 2.45) is 0 Å². The second-order valence-electron chi connectivity index (χ2n) is 4.59. The molecule has 2 rings (SSSR count). The maximum Gasteiger partial charge on any atom is 0.224 e. The summed E-state index contributed by atoms with van der Waals surface area (Å²) < 4.78 is 13.0. The van der Waals surface area contributed by atoms with Gasteiger partial charge in [-0.2, -0.15) is 5.10 Å². The molecule has 1 aromatic carbocycles. The summed E-state index contributed by atoms with van der Waals surface area (Å²) in [6.07, 6.45) is 0.936. The van der Waals surface area contributed by atoms with Gasteiger partial charge in [-0.05, 0) is 44.0 Å². The van der Waals surface area contributed by atoms with Crippen LogP contribution in [0.2, 0.25) is 5.02 Å². The van der Waals surface area contributed by atoms with Crippen molar-refractivity contribution in [1.29, 1.82) is 0 Å². The Labute approximate surface area is 121 Å². The van der Waals surface area contributed by atoms with Crippen LogP contribution in [0, 0.1) is 19.7 Å². The summed E-state index contributed by atoms with van der Waals surface area (Å²) in [6.45, 7) is 3.82. The smallest absolute Gasteiger partial charge is 0.224 e. The molecule has 106 valence electrons. The molecule has 20 heavy (non-hydrogen) atoms. The fourth-order valence-electron chi connectivity index (χ4n) is 1.98. The van der Waals surface area contributed by atoms with Crippen LogP contribution in [0.15, 0.2) is 18.2 Å². The van der Waals surface area contributed by atoms with E-state index in [0.29, 0.717) is 18.5 Å². The minimum absolute atomic E-state index is 0.00989. The van der Waals surface area contributed by atoms with Crippen molar-refractivity contribution in [3.63, 3.8) is 0 Å². The molecule has 1 aromatic heterocycles. The van der Waals surface area contributed by atoms with E-state index in [1.165, 1.54) is 18.2 Å². The highest BCUT2D eigenvalue weighted by atomic mass is 35.5. The van der Waals surface area contributed by atoms with Gasteiger partial charge in [0.05, 0.1) is 10.7 Å². The summed E-state index contributed by atoms with van der Waals surface area (Å²) in [6, 6.07) is 4.10. The molecule has 6 heteroatoms. The van der Waals surface area contributed by atoms with Crippen molar-refractivity contribution in [2.75, 3.05) is 5.32 Å². The minimum atomic E-state index is -0.505. The Balaban J connectivity index is 1.94. The lowest BCUT2D eigenvalue weighted by Crippen LogP contribution is -2.12. The van der Waals surface area contributed by atoms with Crippen LogP contribution in [0.25, 0.3) is 0 Å². The summed E-state index contributed by atoms with van der Waals surface area (Å²) in [7, 11) is 0. The molecule has 0 saturated carbocycles. The Morgan fingerprint density at radius 1 is 1.45 bits per heavy atom. The van der Waals surface area contributed by atoms with Crippen LogP contribution in [-0.2, 0) is 11.2 Å². The highest BCUT2D eigenvalue weighted by Gasteiger charge is 2.10. The molecular formula is C14H15ClFN3O. The lowest BCUT2D eigenvalue weighted by molar-refractivity contribution is -0.116. The summed E-state index contributed by atoms with van der Waals surface area (Å²) in [5.74, 6) is -0.651. The number of nitrogens with one attached hydrogen (secondary N) is 2. The van der Waals surface area contributed by atoms with Crippen LogP contribution < -0.4 is 5.32 Å². The summed E-state index contributed by atoms with van der Waals surface area (Å²) in [5, 5.41) is 9.65. The Morgan fingerprint density at radius 2 is 2.20 bits per heavy atom. The monoisotopic (exact) mass is 295 g/mol. The Bertz CT molecular complexity index is 620. The highest BCUT2D eigenvalue weighted by molar-refractivity contribution is 6.31. The second-order valence-corrected chi connectivity index (χ2v) is 5.00. The van der Waals surface area contributed by atoms with Crippen LogP contribution in [0.5, 0.6) is 0 Å². The molecule has 0 aliphatic heterocycles. The number of carbonyl (C=O) groups is 1. The molecule has 1 amide bonds. The molecule has 1 heterocycles. The number of halogens is 2. The molecule has 0 saturated heterocycles. The Morgan fingerprint density at radius 3 is 2.80 bits per heavy atom. The number of anilines is 1. The number of carbonyl (C=O) groups excluding carboxylic acids is 1. The number of amides is 1. The SMILES string of the molecule is Cc1n[nH]c(C)c1CCC(=O)Nc1ccc(F)c(Cl)c1. The lowest BCUT2D eigenvalue weighted by atomic mass is 10.1. The quantitative estimate of drug-likeness (QED) is 0.908. The number of nitrogens with zero attached hydrogens (tertiary/aromatic N) is 1. The molecule has 4 nitrogen and oxygen atoms in total. The standard InChI is InChI=1S/C14H15ClFN3O/c1-8-11(9(2)19-18-8)4-6-14(20)17-10-3-5-13(16)12(15)7-10/h3,5,7H,4,6H2,1-2H3,(H,17,20)(H,18,19). The number of hydrogen-bond donors (Lipinski definition) is 2. The molecule has 0 spiro atoms. The van der Waals surface area contributed by atoms with Gasteiger partial charge in [-0.25, -0.2) is 4.39 Å². The van der Waals surface area contributed by atoms with Gasteiger partial charge in [-0.15, -0.1) is 0 Å². The van der Waals surface area contributed by atoms with Crippen LogP contribution in [0.3, 0.4) is 0 Å². The fraction of sp³-hybridized carbons (Fsp3) is 0.286. The molecule has 0 aliphatic rings. The van der Waals surface area contributed by atoms with E-state index in [-0.39, 0.29) is 10.9 Å². The molecule has 0 unspecified atom stereocenters. The van der Waals surface area contributed by atoms with E-state index in [1.54, 1.807) is 0 Å². The summed E-state index contributed by atoms with van der Waals surface area (Å²) in [5.41, 5.74) is 3.42. The second kappa shape index (κ2) is 6.05. The van der Waals surface area contributed by atoms with E-state index in [4.69, 9.17) is 11.6 Å². The number of aromatic amines is 1. The van der Waals surface area contributed by atoms with Gasteiger partial charge in [0, 0.05) is 17.8 Å². The normalized spacial score (nSPS) is 10.6. The van der Waals surface area contributed by atoms with Gasteiger partial charge in [0.1, 0.15) is 5.82 Å². The van der Waals surface area contributed by atoms with Gasteiger partial charge < -0.3 is 5.32 Å². The van der Waals surface area contributed by atoms with E-state index in [1.807, 2.05) is 13.8 Å². The zero-order valence-electron chi connectivity index (χ0n) is 11.3. The first-order chi connectivity index (χ1) is 9.47. The van der Waals surface area contributed by atoms with Crippen molar-refractivity contribution in [3.8, 4) is 0 Å². The number of rotatable bonds is 4. The molecule has 0 atom stereocenters. The predicted molar refractivity (Wildman–Crippen MR) is 76.4 cm³/mol. The van der Waals surface area contributed by atoms with Gasteiger partial charge in [0.15, 0.2) is 0 Å². The van der Waals surface area contributed by atoms with Crippen molar-refractivity contribution in [2.45, 2.75) is 26.7 Å². The lowest BCUT2D eigenvalue weighted by Gasteiger charge is -2.06. The van der Waals surface area contributed by atoms with E-state index >= 15 is 0 Å². The van der Waals surface area contributed by atoms with E-state index in [9.17, 15) is 9.18 Å². The van der Waals surface area contributed by atoms with Gasteiger partial charge in [-0.3, -0.25) is 9.89 Å². The number of aryl methyl sites for hydroxylation is 2. The molecule has 2 aromatic rings. The molecule has 0 bridgehead atoms. The minimum Gasteiger partial charge on any atom is -0.326 e. The van der Waals surface area contributed by atoms with E-state index in [0.717, 1.165) is 17.0 Å². The van der Waals surface area contributed by atoms with Crippen molar-refractivity contribution >= 4 is 23.2 Å². The zero-order valence-corrected chi connectivity index (χ0v) is 12.0.